The summed E-state index contributed by atoms with van der Waals surface area (Å²) in [5, 5.41) is 3.30. The van der Waals surface area contributed by atoms with Gasteiger partial charge in [-0.1, -0.05) is 13.0 Å². The Hall–Kier alpha value is -0.980. The maximum atomic E-state index is 12.7. The molecule has 5 nitrogen and oxygen atoms in total. The summed E-state index contributed by atoms with van der Waals surface area (Å²) in [6.07, 6.45) is 5.02. The molecule has 1 saturated heterocycles. The number of hydrogen-bond acceptors (Lipinski definition) is 4. The summed E-state index contributed by atoms with van der Waals surface area (Å²) in [6.45, 7) is 4.39. The van der Waals surface area contributed by atoms with Gasteiger partial charge in [-0.05, 0) is 37.9 Å². The molecule has 1 unspecified atom stereocenters. The minimum Gasteiger partial charge on any atom is -0.315 e. The number of nitrogens with one attached hydrogen (secondary N) is 1. The first kappa shape index (κ1) is 16.4. The van der Waals surface area contributed by atoms with Crippen molar-refractivity contribution in [2.24, 2.45) is 0 Å². The molecule has 2 rings (SSSR count). The molecular weight excluding hydrogens is 286 g/mol. The van der Waals surface area contributed by atoms with E-state index in [1.54, 1.807) is 10.5 Å². The minimum absolute atomic E-state index is 0.104. The second-order valence-corrected chi connectivity index (χ2v) is 7.54. The van der Waals surface area contributed by atoms with E-state index in [-0.39, 0.29) is 11.8 Å². The van der Waals surface area contributed by atoms with Gasteiger partial charge in [0.2, 0.25) is 10.0 Å². The van der Waals surface area contributed by atoms with E-state index in [0.29, 0.717) is 13.0 Å². The Morgan fingerprint density at radius 1 is 1.43 bits per heavy atom. The molecular formula is C15H25N3O2S. The molecule has 1 fully saturated rings. The lowest BCUT2D eigenvalue weighted by Gasteiger charge is -2.33. The highest BCUT2D eigenvalue weighted by atomic mass is 32.2. The summed E-state index contributed by atoms with van der Waals surface area (Å²) in [4.78, 5) is 4.20. The number of pyridine rings is 1. The van der Waals surface area contributed by atoms with Crippen LogP contribution in [0.4, 0.5) is 0 Å². The van der Waals surface area contributed by atoms with Crippen molar-refractivity contribution in [1.82, 2.24) is 14.6 Å². The standard InChI is InChI=1S/C15H25N3O2S/c1-2-11-18(15-7-5-9-16-13-15)21(19,20)12-8-14-6-3-4-10-17-14/h3-4,6,10,15-16H,2,5,7-9,11-13H2,1H3. The van der Waals surface area contributed by atoms with Crippen LogP contribution in [0.25, 0.3) is 0 Å². The zero-order valence-electron chi connectivity index (χ0n) is 12.7. The van der Waals surface area contributed by atoms with Gasteiger partial charge < -0.3 is 5.32 Å². The Morgan fingerprint density at radius 2 is 2.29 bits per heavy atom. The van der Waals surface area contributed by atoms with Crippen molar-refractivity contribution in [3.8, 4) is 0 Å². The predicted octanol–water partition coefficient (Wildman–Crippen LogP) is 1.42. The summed E-state index contributed by atoms with van der Waals surface area (Å²) < 4.78 is 27.0. The van der Waals surface area contributed by atoms with E-state index in [1.807, 2.05) is 25.1 Å². The summed E-state index contributed by atoms with van der Waals surface area (Å²) in [5.74, 6) is 0.139. The Kier molecular flexibility index (Phi) is 6.14. The molecule has 0 amide bonds. The topological polar surface area (TPSA) is 62.3 Å². The number of sulfonamides is 1. The molecule has 1 atom stereocenters. The molecule has 0 radical (unpaired) electrons. The second-order valence-electron chi connectivity index (χ2n) is 5.50. The smallest absolute Gasteiger partial charge is 0.214 e. The van der Waals surface area contributed by atoms with Gasteiger partial charge in [-0.15, -0.1) is 0 Å². The van der Waals surface area contributed by atoms with Crippen LogP contribution in [0.15, 0.2) is 24.4 Å². The number of aryl methyl sites for hydroxylation is 1. The fraction of sp³-hybridized carbons (Fsp3) is 0.667. The average molecular weight is 311 g/mol. The molecule has 0 bridgehead atoms. The fourth-order valence-electron chi connectivity index (χ4n) is 2.75. The Balaban J connectivity index is 2.02. The van der Waals surface area contributed by atoms with Crippen molar-refractivity contribution in [2.75, 3.05) is 25.4 Å². The van der Waals surface area contributed by atoms with E-state index < -0.39 is 10.0 Å². The lowest BCUT2D eigenvalue weighted by Crippen LogP contribution is -2.49. The van der Waals surface area contributed by atoms with E-state index in [2.05, 4.69) is 10.3 Å². The van der Waals surface area contributed by atoms with E-state index in [0.717, 1.165) is 38.0 Å². The molecule has 0 aromatic carbocycles. The number of hydrogen-bond donors (Lipinski definition) is 1. The van der Waals surface area contributed by atoms with Crippen LogP contribution < -0.4 is 5.32 Å². The van der Waals surface area contributed by atoms with Gasteiger partial charge in [0, 0.05) is 37.4 Å². The van der Waals surface area contributed by atoms with Crippen molar-refractivity contribution in [2.45, 2.75) is 38.6 Å². The number of piperidine rings is 1. The maximum absolute atomic E-state index is 12.7. The van der Waals surface area contributed by atoms with Crippen molar-refractivity contribution in [1.29, 1.82) is 0 Å². The summed E-state index contributed by atoms with van der Waals surface area (Å²) in [7, 11) is -3.23. The van der Waals surface area contributed by atoms with Crippen LogP contribution in [0.2, 0.25) is 0 Å². The van der Waals surface area contributed by atoms with Gasteiger partial charge in [-0.2, -0.15) is 4.31 Å². The van der Waals surface area contributed by atoms with Crippen molar-refractivity contribution < 1.29 is 8.42 Å². The monoisotopic (exact) mass is 311 g/mol. The zero-order chi connectivity index (χ0) is 15.1. The third kappa shape index (κ3) is 4.76. The number of rotatable bonds is 7. The molecule has 1 N–H and O–H groups in total. The Morgan fingerprint density at radius 3 is 2.90 bits per heavy atom. The predicted molar refractivity (Wildman–Crippen MR) is 84.6 cm³/mol. The van der Waals surface area contributed by atoms with Crippen molar-refractivity contribution in [3.05, 3.63) is 30.1 Å². The molecule has 0 aliphatic carbocycles. The molecule has 1 aromatic rings. The molecule has 21 heavy (non-hydrogen) atoms. The van der Waals surface area contributed by atoms with Gasteiger partial charge >= 0.3 is 0 Å². The average Bonchev–Trinajstić information content (AvgIpc) is 2.52. The van der Waals surface area contributed by atoms with Crippen LogP contribution in [0.3, 0.4) is 0 Å². The highest BCUT2D eigenvalue weighted by Gasteiger charge is 2.30. The van der Waals surface area contributed by atoms with Gasteiger partial charge in [-0.3, -0.25) is 4.98 Å². The molecule has 6 heteroatoms. The molecule has 1 aliphatic rings. The van der Waals surface area contributed by atoms with E-state index >= 15 is 0 Å². The third-order valence-electron chi connectivity index (χ3n) is 3.82. The van der Waals surface area contributed by atoms with Crippen LogP contribution >= 0.6 is 0 Å². The molecule has 118 valence electrons. The first-order chi connectivity index (χ1) is 10.1. The highest BCUT2D eigenvalue weighted by molar-refractivity contribution is 7.89. The molecule has 2 heterocycles. The van der Waals surface area contributed by atoms with Crippen LogP contribution in [-0.4, -0.2) is 49.1 Å². The lowest BCUT2D eigenvalue weighted by molar-refractivity contribution is 0.266. The Bertz CT molecular complexity index is 513. The largest absolute Gasteiger partial charge is 0.315 e. The van der Waals surface area contributed by atoms with E-state index in [4.69, 9.17) is 0 Å². The minimum atomic E-state index is -3.23. The lowest BCUT2D eigenvalue weighted by atomic mass is 10.1. The maximum Gasteiger partial charge on any atom is 0.214 e. The summed E-state index contributed by atoms with van der Waals surface area (Å²) in [5.41, 5.74) is 0.833. The van der Waals surface area contributed by atoms with Gasteiger partial charge in [0.15, 0.2) is 0 Å². The van der Waals surface area contributed by atoms with Crippen molar-refractivity contribution >= 4 is 10.0 Å². The molecule has 1 aliphatic heterocycles. The van der Waals surface area contributed by atoms with Gasteiger partial charge in [0.25, 0.3) is 0 Å². The third-order valence-corrected chi connectivity index (χ3v) is 5.74. The van der Waals surface area contributed by atoms with Crippen LogP contribution in [0, 0.1) is 0 Å². The second kappa shape index (κ2) is 7.87. The van der Waals surface area contributed by atoms with Crippen LogP contribution in [0.5, 0.6) is 0 Å². The normalized spacial score (nSPS) is 19.8. The van der Waals surface area contributed by atoms with E-state index in [9.17, 15) is 8.42 Å². The SMILES string of the molecule is CCCN(C1CCCNC1)S(=O)(=O)CCc1ccccn1. The Labute approximate surface area is 127 Å². The van der Waals surface area contributed by atoms with E-state index in [1.165, 1.54) is 0 Å². The van der Waals surface area contributed by atoms with Crippen LogP contribution in [-0.2, 0) is 16.4 Å². The first-order valence-electron chi connectivity index (χ1n) is 7.73. The quantitative estimate of drug-likeness (QED) is 0.827. The van der Waals surface area contributed by atoms with Gasteiger partial charge in [0.1, 0.15) is 0 Å². The number of nitrogens with zero attached hydrogens (tertiary/aromatic N) is 2. The van der Waals surface area contributed by atoms with Gasteiger partial charge in [0.05, 0.1) is 5.75 Å². The summed E-state index contributed by atoms with van der Waals surface area (Å²) in [6, 6.07) is 5.72. The summed E-state index contributed by atoms with van der Waals surface area (Å²) >= 11 is 0. The number of aromatic nitrogens is 1. The fourth-order valence-corrected chi connectivity index (χ4v) is 4.54. The first-order valence-corrected chi connectivity index (χ1v) is 9.34. The van der Waals surface area contributed by atoms with Gasteiger partial charge in [-0.25, -0.2) is 8.42 Å². The molecule has 0 saturated carbocycles. The zero-order valence-corrected chi connectivity index (χ0v) is 13.5. The molecule has 0 spiro atoms. The highest BCUT2D eigenvalue weighted by Crippen LogP contribution is 2.16. The van der Waals surface area contributed by atoms with Crippen LogP contribution in [0.1, 0.15) is 31.9 Å². The molecule has 1 aromatic heterocycles. The van der Waals surface area contributed by atoms with Crippen molar-refractivity contribution in [3.63, 3.8) is 0 Å².